The summed E-state index contributed by atoms with van der Waals surface area (Å²) in [4.78, 5) is 3.89. The summed E-state index contributed by atoms with van der Waals surface area (Å²) in [6.45, 7) is 7.90. The minimum atomic E-state index is 0.644. The van der Waals surface area contributed by atoms with Crippen LogP contribution in [0.2, 0.25) is 0 Å². The number of hydrogen-bond acceptors (Lipinski definition) is 2. The maximum atomic E-state index is 10.0. The molecule has 0 saturated heterocycles. The van der Waals surface area contributed by atoms with Gasteiger partial charge in [-0.2, -0.15) is 5.26 Å². The van der Waals surface area contributed by atoms with Crippen molar-refractivity contribution in [2.24, 2.45) is 0 Å². The van der Waals surface area contributed by atoms with Gasteiger partial charge >= 0.3 is 0 Å². The van der Waals surface area contributed by atoms with E-state index in [1.165, 1.54) is 20.2 Å². The Kier molecular flexibility index (Phi) is 4.87. The number of fused-ring (bicyclic) bond motifs is 9. The average molecular weight is 565 g/mol. The van der Waals surface area contributed by atoms with Gasteiger partial charge in [0.1, 0.15) is 6.07 Å². The van der Waals surface area contributed by atoms with Gasteiger partial charge in [-0.25, -0.2) is 4.85 Å². The largest absolute Gasteiger partial charge is 0.319 e. The highest BCUT2D eigenvalue weighted by Crippen LogP contribution is 2.41. The fourth-order valence-corrected chi connectivity index (χ4v) is 7.83. The van der Waals surface area contributed by atoms with Crippen molar-refractivity contribution < 1.29 is 0 Å². The molecule has 4 nitrogen and oxygen atoms in total. The van der Waals surface area contributed by atoms with E-state index in [-0.39, 0.29) is 0 Å². The van der Waals surface area contributed by atoms with Crippen LogP contribution in [0, 0.1) is 17.9 Å². The normalized spacial score (nSPS) is 11.7. The maximum absolute atomic E-state index is 10.0. The Morgan fingerprint density at radius 1 is 0.558 bits per heavy atom. The number of hydrogen-bond donors (Lipinski definition) is 0. The smallest absolute Gasteiger partial charge is 0.211 e. The van der Waals surface area contributed by atoms with Gasteiger partial charge in [-0.3, -0.25) is 0 Å². The van der Waals surface area contributed by atoms with Crippen LogP contribution in [0.15, 0.2) is 121 Å². The number of para-hydroxylation sites is 4. The molecule has 0 bridgehead atoms. The van der Waals surface area contributed by atoms with Crippen LogP contribution in [0.4, 0.5) is 5.69 Å². The number of benzene rings is 6. The highest BCUT2D eigenvalue weighted by Gasteiger charge is 2.18. The summed E-state index contributed by atoms with van der Waals surface area (Å²) in [5.74, 6) is 0. The van der Waals surface area contributed by atoms with E-state index in [0.29, 0.717) is 11.3 Å². The Hall–Kier alpha value is -5.88. The molecular weight excluding hydrogens is 545 g/mol. The lowest BCUT2D eigenvalue weighted by molar-refractivity contribution is 1.18. The van der Waals surface area contributed by atoms with E-state index in [1.54, 1.807) is 11.3 Å². The molecule has 9 aromatic rings. The first kappa shape index (κ1) is 23.8. The summed E-state index contributed by atoms with van der Waals surface area (Å²) < 4.78 is 6.88. The van der Waals surface area contributed by atoms with Gasteiger partial charge in [0, 0.05) is 47.7 Å². The lowest BCUT2D eigenvalue weighted by atomic mass is 10.1. The standard InChI is InChI=1S/C38H20N4S/c1-40-32-13-7-12-29-27-10-3-5-15-34(27)42(38(29)32)25-17-19-36-31(21-25)30-20-24(16-18-35(30)43-36)41-33-14-4-2-9-26(33)28-11-6-8-23(22-39)37(28)41/h2-21H. The van der Waals surface area contributed by atoms with Crippen LogP contribution in [0.5, 0.6) is 0 Å². The predicted molar refractivity (Wildman–Crippen MR) is 179 cm³/mol. The van der Waals surface area contributed by atoms with E-state index in [1.807, 2.05) is 24.3 Å². The molecular formula is C38H20N4S. The minimum absolute atomic E-state index is 0.644. The molecule has 0 aliphatic carbocycles. The molecule has 0 N–H and O–H groups in total. The fraction of sp³-hybridized carbons (Fsp3) is 0. The van der Waals surface area contributed by atoms with Crippen LogP contribution in [0.3, 0.4) is 0 Å². The Bertz CT molecular complexity index is 2520. The number of nitrogens with zero attached hydrogens (tertiary/aromatic N) is 4. The molecule has 0 atom stereocenters. The minimum Gasteiger partial charge on any atom is -0.319 e. The van der Waals surface area contributed by atoms with Gasteiger partial charge in [0.05, 0.1) is 34.2 Å². The zero-order chi connectivity index (χ0) is 28.7. The van der Waals surface area contributed by atoms with Crippen LogP contribution in [0.1, 0.15) is 5.56 Å². The Labute approximate surface area is 250 Å². The molecule has 0 aliphatic heterocycles. The Balaban J connectivity index is 1.34. The number of rotatable bonds is 2. The van der Waals surface area contributed by atoms with Gasteiger partial charge in [0.2, 0.25) is 5.69 Å². The summed E-state index contributed by atoms with van der Waals surface area (Å²) >= 11 is 1.78. The van der Waals surface area contributed by atoms with E-state index in [9.17, 15) is 5.26 Å². The second-order valence-corrected chi connectivity index (χ2v) is 11.9. The van der Waals surface area contributed by atoms with Crippen molar-refractivity contribution in [1.29, 1.82) is 5.26 Å². The van der Waals surface area contributed by atoms with Gasteiger partial charge in [-0.15, -0.1) is 11.3 Å². The number of aromatic nitrogens is 2. The summed E-state index contributed by atoms with van der Waals surface area (Å²) in [6.07, 6.45) is 0. The first-order valence-corrected chi connectivity index (χ1v) is 14.9. The topological polar surface area (TPSA) is 38.0 Å². The van der Waals surface area contributed by atoms with E-state index in [4.69, 9.17) is 6.57 Å². The predicted octanol–water partition coefficient (Wildman–Crippen LogP) is 10.7. The van der Waals surface area contributed by atoms with Crippen LogP contribution >= 0.6 is 11.3 Å². The molecule has 43 heavy (non-hydrogen) atoms. The van der Waals surface area contributed by atoms with Crippen molar-refractivity contribution in [3.63, 3.8) is 0 Å². The molecule has 0 saturated carbocycles. The van der Waals surface area contributed by atoms with E-state index in [2.05, 4.69) is 117 Å². The molecule has 3 aromatic heterocycles. The third kappa shape index (κ3) is 3.23. The third-order valence-electron chi connectivity index (χ3n) is 8.56. The molecule has 9 rings (SSSR count). The molecule has 6 aromatic carbocycles. The maximum Gasteiger partial charge on any atom is 0.211 e. The highest BCUT2D eigenvalue weighted by atomic mass is 32.1. The fourth-order valence-electron chi connectivity index (χ4n) is 6.77. The Morgan fingerprint density at radius 2 is 1.09 bits per heavy atom. The van der Waals surface area contributed by atoms with Crippen molar-refractivity contribution in [2.45, 2.75) is 0 Å². The van der Waals surface area contributed by atoms with Crippen molar-refractivity contribution in [3.8, 4) is 17.4 Å². The third-order valence-corrected chi connectivity index (χ3v) is 9.71. The highest BCUT2D eigenvalue weighted by molar-refractivity contribution is 7.25. The average Bonchev–Trinajstić information content (AvgIpc) is 3.71. The summed E-state index contributed by atoms with van der Waals surface area (Å²) in [6, 6.07) is 44.3. The molecule has 0 amide bonds. The molecule has 198 valence electrons. The van der Waals surface area contributed by atoms with E-state index < -0.39 is 0 Å². The lowest BCUT2D eigenvalue weighted by Gasteiger charge is -2.10. The number of thiophene rings is 1. The van der Waals surface area contributed by atoms with Crippen LogP contribution in [0.25, 0.3) is 80.0 Å². The van der Waals surface area contributed by atoms with Gasteiger partial charge in [0.15, 0.2) is 0 Å². The monoisotopic (exact) mass is 564 g/mol. The first-order chi connectivity index (χ1) is 21.2. The molecule has 0 unspecified atom stereocenters. The van der Waals surface area contributed by atoms with Crippen molar-refractivity contribution in [3.05, 3.63) is 138 Å². The van der Waals surface area contributed by atoms with Crippen LogP contribution in [-0.4, -0.2) is 9.13 Å². The second kappa shape index (κ2) is 8.81. The van der Waals surface area contributed by atoms with Crippen molar-refractivity contribution in [2.75, 3.05) is 0 Å². The summed E-state index contributed by atoms with van der Waals surface area (Å²) in [5.41, 5.74) is 7.40. The SMILES string of the molecule is [C-]#[N+]c1cccc2c3ccccc3n(-c3ccc4sc5ccc(-n6c7ccccc7c7cccc(C#N)c76)cc5c4c3)c12. The van der Waals surface area contributed by atoms with Gasteiger partial charge in [0.25, 0.3) is 0 Å². The first-order valence-electron chi connectivity index (χ1n) is 14.0. The van der Waals surface area contributed by atoms with Crippen LogP contribution in [-0.2, 0) is 0 Å². The van der Waals surface area contributed by atoms with Gasteiger partial charge in [-0.05, 0) is 60.0 Å². The lowest BCUT2D eigenvalue weighted by Crippen LogP contribution is -1.95. The molecule has 0 radical (unpaired) electrons. The van der Waals surface area contributed by atoms with E-state index >= 15 is 0 Å². The van der Waals surface area contributed by atoms with E-state index in [0.717, 1.165) is 55.0 Å². The zero-order valence-electron chi connectivity index (χ0n) is 22.7. The van der Waals surface area contributed by atoms with Gasteiger partial charge < -0.3 is 9.13 Å². The molecule has 3 heterocycles. The molecule has 5 heteroatoms. The zero-order valence-corrected chi connectivity index (χ0v) is 23.6. The molecule has 0 spiro atoms. The quantitative estimate of drug-likeness (QED) is 0.192. The van der Waals surface area contributed by atoms with Crippen molar-refractivity contribution >= 4 is 80.8 Å². The van der Waals surface area contributed by atoms with Gasteiger partial charge in [-0.1, -0.05) is 66.7 Å². The second-order valence-electron chi connectivity index (χ2n) is 10.8. The van der Waals surface area contributed by atoms with Crippen molar-refractivity contribution in [1.82, 2.24) is 9.13 Å². The van der Waals surface area contributed by atoms with Crippen LogP contribution < -0.4 is 0 Å². The molecule has 0 fully saturated rings. The summed E-state index contributed by atoms with van der Waals surface area (Å²) in [7, 11) is 0. The Morgan fingerprint density at radius 3 is 1.70 bits per heavy atom. The number of nitriles is 1. The summed E-state index contributed by atoms with van der Waals surface area (Å²) in [5, 5.41) is 16.8. The molecule has 0 aliphatic rings.